The van der Waals surface area contributed by atoms with E-state index in [2.05, 4.69) is 0 Å². The summed E-state index contributed by atoms with van der Waals surface area (Å²) in [5, 5.41) is 10.0. The molecule has 3 nitrogen and oxygen atoms in total. The van der Waals surface area contributed by atoms with Gasteiger partial charge >= 0.3 is 0 Å². The zero-order valence-corrected chi connectivity index (χ0v) is 11.1. The molecule has 1 aromatic carbocycles. The first-order valence-electron chi connectivity index (χ1n) is 5.64. The topological polar surface area (TPSA) is 30.1 Å². The van der Waals surface area contributed by atoms with Gasteiger partial charge in [-0.2, -0.15) is 0 Å². The number of imidazole rings is 1. The number of aromatic nitrogens is 2. The standard InChI is InChI=1S/C13H16N2OS/c1-4-14-8-11(16)15(13(14)17)12-9(2)6-5-7-10(12)3/h5-8,16H,4H2,1-3H3. The lowest BCUT2D eigenvalue weighted by atomic mass is 10.1. The van der Waals surface area contributed by atoms with Crippen LogP contribution in [0, 0.1) is 18.6 Å². The fraction of sp³-hybridized carbons (Fsp3) is 0.308. The van der Waals surface area contributed by atoms with E-state index < -0.39 is 0 Å². The first kappa shape index (κ1) is 11.9. The van der Waals surface area contributed by atoms with Gasteiger partial charge in [0.1, 0.15) is 0 Å². The Balaban J connectivity index is 2.78. The van der Waals surface area contributed by atoms with Gasteiger partial charge in [-0.05, 0) is 44.1 Å². The minimum absolute atomic E-state index is 0.189. The molecule has 0 saturated heterocycles. The van der Waals surface area contributed by atoms with Gasteiger partial charge in [-0.1, -0.05) is 18.2 Å². The number of benzene rings is 1. The number of aromatic hydroxyl groups is 1. The largest absolute Gasteiger partial charge is 0.493 e. The summed E-state index contributed by atoms with van der Waals surface area (Å²) >= 11 is 5.38. The lowest BCUT2D eigenvalue weighted by Gasteiger charge is -2.11. The van der Waals surface area contributed by atoms with Crippen molar-refractivity contribution in [2.75, 3.05) is 0 Å². The SMILES string of the molecule is CCn1cc(O)n(-c2c(C)cccc2C)c1=S. The van der Waals surface area contributed by atoms with Crippen molar-refractivity contribution in [3.05, 3.63) is 40.3 Å². The second-order valence-electron chi connectivity index (χ2n) is 4.13. The third-order valence-electron chi connectivity index (χ3n) is 2.94. The van der Waals surface area contributed by atoms with E-state index in [0.29, 0.717) is 4.77 Å². The number of para-hydroxylation sites is 1. The third kappa shape index (κ3) is 1.89. The van der Waals surface area contributed by atoms with Gasteiger partial charge in [-0.15, -0.1) is 0 Å². The van der Waals surface area contributed by atoms with E-state index in [0.717, 1.165) is 23.4 Å². The normalized spacial score (nSPS) is 10.8. The molecule has 17 heavy (non-hydrogen) atoms. The summed E-state index contributed by atoms with van der Waals surface area (Å²) in [5.41, 5.74) is 3.18. The zero-order valence-electron chi connectivity index (χ0n) is 10.3. The van der Waals surface area contributed by atoms with Gasteiger partial charge in [0.05, 0.1) is 11.9 Å². The van der Waals surface area contributed by atoms with Gasteiger partial charge in [-0.3, -0.25) is 4.57 Å². The smallest absolute Gasteiger partial charge is 0.214 e. The quantitative estimate of drug-likeness (QED) is 0.826. The monoisotopic (exact) mass is 248 g/mol. The van der Waals surface area contributed by atoms with E-state index in [1.165, 1.54) is 0 Å². The fourth-order valence-electron chi connectivity index (χ4n) is 2.07. The van der Waals surface area contributed by atoms with Crippen LogP contribution in [0.1, 0.15) is 18.1 Å². The Morgan fingerprint density at radius 1 is 1.24 bits per heavy atom. The van der Waals surface area contributed by atoms with Crippen LogP contribution in [0.25, 0.3) is 5.69 Å². The highest BCUT2D eigenvalue weighted by molar-refractivity contribution is 7.71. The maximum Gasteiger partial charge on any atom is 0.214 e. The van der Waals surface area contributed by atoms with Crippen LogP contribution < -0.4 is 0 Å². The molecule has 0 aliphatic rings. The molecule has 0 aliphatic heterocycles. The van der Waals surface area contributed by atoms with Gasteiger partial charge in [0.15, 0.2) is 4.77 Å². The van der Waals surface area contributed by atoms with Crippen molar-refractivity contribution in [3.63, 3.8) is 0 Å². The molecule has 0 fully saturated rings. The van der Waals surface area contributed by atoms with E-state index in [4.69, 9.17) is 12.2 Å². The Morgan fingerprint density at radius 2 is 1.82 bits per heavy atom. The molecule has 0 unspecified atom stereocenters. The number of hydrogen-bond acceptors (Lipinski definition) is 2. The van der Waals surface area contributed by atoms with Crippen LogP contribution in [0.5, 0.6) is 5.88 Å². The highest BCUT2D eigenvalue weighted by Crippen LogP contribution is 2.25. The van der Waals surface area contributed by atoms with E-state index in [-0.39, 0.29) is 5.88 Å². The summed E-state index contributed by atoms with van der Waals surface area (Å²) in [6.45, 7) is 6.80. The molecule has 1 aromatic heterocycles. The molecule has 0 atom stereocenters. The molecule has 0 aliphatic carbocycles. The molecule has 0 saturated carbocycles. The molecule has 1 N–H and O–H groups in total. The van der Waals surface area contributed by atoms with Crippen molar-refractivity contribution >= 4 is 12.2 Å². The van der Waals surface area contributed by atoms with Crippen LogP contribution in [0.4, 0.5) is 0 Å². The maximum absolute atomic E-state index is 10.0. The van der Waals surface area contributed by atoms with Gasteiger partial charge < -0.3 is 9.67 Å². The number of aryl methyl sites for hydroxylation is 3. The lowest BCUT2D eigenvalue weighted by molar-refractivity contribution is 0.441. The molecule has 0 radical (unpaired) electrons. The van der Waals surface area contributed by atoms with Crippen molar-refractivity contribution in [2.45, 2.75) is 27.3 Å². The molecule has 4 heteroatoms. The predicted octanol–water partition coefficient (Wildman–Crippen LogP) is 3.35. The lowest BCUT2D eigenvalue weighted by Crippen LogP contribution is -2.02. The molecule has 2 aromatic rings. The summed E-state index contributed by atoms with van der Waals surface area (Å²) in [4.78, 5) is 0. The van der Waals surface area contributed by atoms with Crippen molar-refractivity contribution in [1.82, 2.24) is 9.13 Å². The fourth-order valence-corrected chi connectivity index (χ4v) is 2.44. The molecule has 90 valence electrons. The Hall–Kier alpha value is -1.55. The maximum atomic E-state index is 10.0. The molecule has 0 bridgehead atoms. The number of nitrogens with zero attached hydrogens (tertiary/aromatic N) is 2. The highest BCUT2D eigenvalue weighted by Gasteiger charge is 2.12. The first-order chi connectivity index (χ1) is 8.06. The van der Waals surface area contributed by atoms with Gasteiger partial charge in [0.25, 0.3) is 0 Å². The summed E-state index contributed by atoms with van der Waals surface area (Å²) in [7, 11) is 0. The van der Waals surface area contributed by atoms with Crippen LogP contribution in [0.15, 0.2) is 24.4 Å². The Bertz CT molecular complexity index is 590. The molecular weight excluding hydrogens is 232 g/mol. The van der Waals surface area contributed by atoms with Gasteiger partial charge in [0.2, 0.25) is 5.88 Å². The summed E-state index contributed by atoms with van der Waals surface area (Å²) in [6, 6.07) is 6.05. The number of hydrogen-bond donors (Lipinski definition) is 1. The van der Waals surface area contributed by atoms with Crippen molar-refractivity contribution in [3.8, 4) is 11.6 Å². The Labute approximate surface area is 106 Å². The summed E-state index contributed by atoms with van der Waals surface area (Å²) in [6.07, 6.45) is 1.67. The van der Waals surface area contributed by atoms with Gasteiger partial charge in [-0.25, -0.2) is 0 Å². The van der Waals surface area contributed by atoms with Crippen LogP contribution in [-0.4, -0.2) is 14.2 Å². The summed E-state index contributed by atoms with van der Waals surface area (Å²) in [5.74, 6) is 0.189. The molecule has 2 rings (SSSR count). The highest BCUT2D eigenvalue weighted by atomic mass is 32.1. The predicted molar refractivity (Wildman–Crippen MR) is 71.4 cm³/mol. The Morgan fingerprint density at radius 3 is 2.29 bits per heavy atom. The number of rotatable bonds is 2. The summed E-state index contributed by atoms with van der Waals surface area (Å²) < 4.78 is 4.21. The van der Waals surface area contributed by atoms with Crippen LogP contribution >= 0.6 is 12.2 Å². The average Bonchev–Trinajstić information content (AvgIpc) is 2.56. The van der Waals surface area contributed by atoms with E-state index in [1.54, 1.807) is 10.8 Å². The minimum Gasteiger partial charge on any atom is -0.493 e. The molecule has 0 spiro atoms. The zero-order chi connectivity index (χ0) is 12.6. The Kier molecular flexibility index (Phi) is 3.07. The third-order valence-corrected chi connectivity index (χ3v) is 3.36. The van der Waals surface area contributed by atoms with E-state index in [1.807, 2.05) is 43.5 Å². The van der Waals surface area contributed by atoms with Crippen LogP contribution in [0.2, 0.25) is 0 Å². The molecule has 1 heterocycles. The van der Waals surface area contributed by atoms with Crippen molar-refractivity contribution in [1.29, 1.82) is 0 Å². The van der Waals surface area contributed by atoms with Gasteiger partial charge in [0, 0.05) is 6.54 Å². The van der Waals surface area contributed by atoms with Crippen molar-refractivity contribution in [2.24, 2.45) is 0 Å². The van der Waals surface area contributed by atoms with E-state index in [9.17, 15) is 5.11 Å². The average molecular weight is 248 g/mol. The van der Waals surface area contributed by atoms with Crippen LogP contribution in [0.3, 0.4) is 0 Å². The van der Waals surface area contributed by atoms with E-state index >= 15 is 0 Å². The minimum atomic E-state index is 0.189. The second-order valence-corrected chi connectivity index (χ2v) is 4.50. The molecule has 0 amide bonds. The molecular formula is C13H16N2OS. The second kappa shape index (κ2) is 4.37. The van der Waals surface area contributed by atoms with Crippen LogP contribution in [-0.2, 0) is 6.54 Å². The first-order valence-corrected chi connectivity index (χ1v) is 6.04. The van der Waals surface area contributed by atoms with Crippen molar-refractivity contribution < 1.29 is 5.11 Å².